The Hall–Kier alpha value is -1.63. The van der Waals surface area contributed by atoms with Crippen LogP contribution in [0, 0.1) is 11.3 Å². The SMILES string of the molecule is C=CCCc1ccc(C#N)cc1.CC.CN1CCNCC1. The number of nitrogens with one attached hydrogen (secondary N) is 1. The van der Waals surface area contributed by atoms with Gasteiger partial charge in [-0.3, -0.25) is 0 Å². The summed E-state index contributed by atoms with van der Waals surface area (Å²) < 4.78 is 0. The molecule has 0 atom stereocenters. The van der Waals surface area contributed by atoms with Gasteiger partial charge >= 0.3 is 0 Å². The maximum Gasteiger partial charge on any atom is 0.0991 e. The lowest BCUT2D eigenvalue weighted by Gasteiger charge is -2.21. The molecule has 2 rings (SSSR count). The average molecular weight is 287 g/mol. The summed E-state index contributed by atoms with van der Waals surface area (Å²) >= 11 is 0. The highest BCUT2D eigenvalue weighted by molar-refractivity contribution is 5.31. The van der Waals surface area contributed by atoms with Crippen molar-refractivity contribution in [3.63, 3.8) is 0 Å². The van der Waals surface area contributed by atoms with E-state index in [-0.39, 0.29) is 0 Å². The monoisotopic (exact) mass is 287 g/mol. The Morgan fingerprint density at radius 2 is 1.81 bits per heavy atom. The minimum Gasteiger partial charge on any atom is -0.314 e. The molecule has 1 aliphatic heterocycles. The number of allylic oxidation sites excluding steroid dienone is 1. The minimum absolute atomic E-state index is 0.720. The van der Waals surface area contributed by atoms with E-state index in [4.69, 9.17) is 5.26 Å². The Bertz CT molecular complexity index is 397. The molecule has 0 radical (unpaired) electrons. The molecule has 1 N–H and O–H groups in total. The van der Waals surface area contributed by atoms with Crippen molar-refractivity contribution in [2.24, 2.45) is 0 Å². The number of rotatable bonds is 3. The van der Waals surface area contributed by atoms with E-state index in [0.717, 1.165) is 31.5 Å². The van der Waals surface area contributed by atoms with Crippen molar-refractivity contribution in [3.8, 4) is 6.07 Å². The second-order valence-electron chi connectivity index (χ2n) is 4.69. The van der Waals surface area contributed by atoms with Crippen LogP contribution in [0.4, 0.5) is 0 Å². The highest BCUT2D eigenvalue weighted by atomic mass is 15.2. The fourth-order valence-electron chi connectivity index (χ4n) is 1.79. The molecule has 0 unspecified atom stereocenters. The molecule has 1 heterocycles. The number of benzene rings is 1. The molecule has 116 valence electrons. The molecular formula is C18H29N3. The Balaban J connectivity index is 0.000000377. The second kappa shape index (κ2) is 13.4. The van der Waals surface area contributed by atoms with Crippen LogP contribution in [0.3, 0.4) is 0 Å². The van der Waals surface area contributed by atoms with Crippen LogP contribution in [0.25, 0.3) is 0 Å². The first kappa shape index (κ1) is 19.4. The highest BCUT2D eigenvalue weighted by Gasteiger charge is 2.01. The van der Waals surface area contributed by atoms with Gasteiger partial charge in [0.2, 0.25) is 0 Å². The van der Waals surface area contributed by atoms with E-state index in [2.05, 4.69) is 29.9 Å². The van der Waals surface area contributed by atoms with Crippen LogP contribution in [0.1, 0.15) is 31.4 Å². The van der Waals surface area contributed by atoms with E-state index in [0.29, 0.717) is 0 Å². The van der Waals surface area contributed by atoms with Crippen LogP contribution in [-0.4, -0.2) is 38.1 Å². The predicted molar refractivity (Wildman–Crippen MR) is 91.4 cm³/mol. The summed E-state index contributed by atoms with van der Waals surface area (Å²) in [6.07, 6.45) is 3.90. The third kappa shape index (κ3) is 9.84. The first-order valence-electron chi connectivity index (χ1n) is 7.75. The van der Waals surface area contributed by atoms with Gasteiger partial charge in [0, 0.05) is 26.2 Å². The van der Waals surface area contributed by atoms with Gasteiger partial charge in [-0.1, -0.05) is 32.1 Å². The van der Waals surface area contributed by atoms with Gasteiger partial charge < -0.3 is 10.2 Å². The maximum absolute atomic E-state index is 8.54. The molecule has 21 heavy (non-hydrogen) atoms. The van der Waals surface area contributed by atoms with E-state index in [1.165, 1.54) is 18.7 Å². The number of likely N-dealkylation sites (N-methyl/N-ethyl adjacent to an activating group) is 1. The van der Waals surface area contributed by atoms with Crippen LogP contribution in [0.2, 0.25) is 0 Å². The molecule has 0 saturated carbocycles. The van der Waals surface area contributed by atoms with E-state index < -0.39 is 0 Å². The van der Waals surface area contributed by atoms with E-state index >= 15 is 0 Å². The molecule has 0 aromatic heterocycles. The summed E-state index contributed by atoms with van der Waals surface area (Å²) in [7, 11) is 2.15. The van der Waals surface area contributed by atoms with E-state index in [9.17, 15) is 0 Å². The van der Waals surface area contributed by atoms with E-state index in [1.54, 1.807) is 0 Å². The lowest BCUT2D eigenvalue weighted by Crippen LogP contribution is -2.40. The molecule has 1 saturated heterocycles. The topological polar surface area (TPSA) is 39.1 Å². The van der Waals surface area contributed by atoms with Gasteiger partial charge in [-0.15, -0.1) is 6.58 Å². The molecule has 3 heteroatoms. The standard InChI is InChI=1S/C11H11N.C5H12N2.C2H6/c1-2-3-4-10-5-7-11(9-12)8-6-10;1-7-4-2-6-3-5-7;1-2/h2,5-8H,1,3-4H2;6H,2-5H2,1H3;1-2H3. The normalized spacial score (nSPS) is 13.8. The molecule has 1 aliphatic rings. The number of hydrogen-bond acceptors (Lipinski definition) is 3. The van der Waals surface area contributed by atoms with Crippen molar-refractivity contribution >= 4 is 0 Å². The Labute approximate surface area is 130 Å². The van der Waals surface area contributed by atoms with Crippen molar-refractivity contribution in [1.29, 1.82) is 5.26 Å². The number of nitriles is 1. The number of aryl methyl sites for hydroxylation is 1. The van der Waals surface area contributed by atoms with Gasteiger partial charge in [0.15, 0.2) is 0 Å². The Morgan fingerprint density at radius 1 is 1.24 bits per heavy atom. The molecule has 3 nitrogen and oxygen atoms in total. The van der Waals surface area contributed by atoms with Crippen LogP contribution in [-0.2, 0) is 6.42 Å². The van der Waals surface area contributed by atoms with Gasteiger partial charge in [0.05, 0.1) is 11.6 Å². The third-order valence-corrected chi connectivity index (χ3v) is 3.06. The average Bonchev–Trinajstić information content (AvgIpc) is 2.56. The van der Waals surface area contributed by atoms with Crippen molar-refractivity contribution in [3.05, 3.63) is 48.0 Å². The zero-order chi connectivity index (χ0) is 15.9. The van der Waals surface area contributed by atoms with Crippen molar-refractivity contribution in [2.75, 3.05) is 33.2 Å². The molecule has 0 amide bonds. The van der Waals surface area contributed by atoms with Gasteiger partial charge in [0.25, 0.3) is 0 Å². The zero-order valence-electron chi connectivity index (χ0n) is 13.7. The molecule has 0 spiro atoms. The summed E-state index contributed by atoms with van der Waals surface area (Å²) in [5, 5.41) is 11.8. The number of hydrogen-bond donors (Lipinski definition) is 1. The Kier molecular flexibility index (Phi) is 12.3. The van der Waals surface area contributed by atoms with Gasteiger partial charge in [0.1, 0.15) is 0 Å². The third-order valence-electron chi connectivity index (χ3n) is 3.06. The van der Waals surface area contributed by atoms with E-state index in [1.807, 2.05) is 44.2 Å². The predicted octanol–water partition coefficient (Wildman–Crippen LogP) is 3.22. The summed E-state index contributed by atoms with van der Waals surface area (Å²) in [5.41, 5.74) is 1.98. The van der Waals surface area contributed by atoms with Crippen molar-refractivity contribution in [2.45, 2.75) is 26.7 Å². The first-order valence-corrected chi connectivity index (χ1v) is 7.75. The minimum atomic E-state index is 0.720. The molecule has 1 aromatic rings. The fourth-order valence-corrected chi connectivity index (χ4v) is 1.79. The molecule has 0 bridgehead atoms. The maximum atomic E-state index is 8.54. The number of piperazine rings is 1. The highest BCUT2D eigenvalue weighted by Crippen LogP contribution is 2.05. The molecule has 0 aliphatic carbocycles. The summed E-state index contributed by atoms with van der Waals surface area (Å²) in [4.78, 5) is 2.33. The lowest BCUT2D eigenvalue weighted by molar-refractivity contribution is 0.291. The lowest BCUT2D eigenvalue weighted by atomic mass is 10.1. The summed E-state index contributed by atoms with van der Waals surface area (Å²) in [6, 6.07) is 9.76. The van der Waals surface area contributed by atoms with Crippen molar-refractivity contribution in [1.82, 2.24) is 10.2 Å². The Morgan fingerprint density at radius 3 is 2.19 bits per heavy atom. The molecular weight excluding hydrogens is 258 g/mol. The van der Waals surface area contributed by atoms with Crippen LogP contribution in [0.5, 0.6) is 0 Å². The number of nitrogens with zero attached hydrogens (tertiary/aromatic N) is 2. The second-order valence-corrected chi connectivity index (χ2v) is 4.69. The largest absolute Gasteiger partial charge is 0.314 e. The van der Waals surface area contributed by atoms with Crippen LogP contribution >= 0.6 is 0 Å². The molecule has 1 fully saturated rings. The summed E-state index contributed by atoms with van der Waals surface area (Å²) in [5.74, 6) is 0. The fraction of sp³-hybridized carbons (Fsp3) is 0.500. The van der Waals surface area contributed by atoms with Gasteiger partial charge in [-0.2, -0.15) is 5.26 Å². The quantitative estimate of drug-likeness (QED) is 0.868. The zero-order valence-corrected chi connectivity index (χ0v) is 13.7. The van der Waals surface area contributed by atoms with Crippen LogP contribution < -0.4 is 5.32 Å². The first-order chi connectivity index (χ1) is 10.3. The van der Waals surface area contributed by atoms with Gasteiger partial charge in [-0.05, 0) is 37.6 Å². The smallest absolute Gasteiger partial charge is 0.0991 e. The van der Waals surface area contributed by atoms with Crippen molar-refractivity contribution < 1.29 is 0 Å². The van der Waals surface area contributed by atoms with Gasteiger partial charge in [-0.25, -0.2) is 0 Å². The summed E-state index contributed by atoms with van der Waals surface area (Å²) in [6.45, 7) is 12.4. The van der Waals surface area contributed by atoms with Crippen LogP contribution in [0.15, 0.2) is 36.9 Å². The molecule has 1 aromatic carbocycles.